The Labute approximate surface area is 106 Å². The van der Waals surface area contributed by atoms with Gasteiger partial charge in [0.15, 0.2) is 0 Å². The molecule has 0 aromatic heterocycles. The van der Waals surface area contributed by atoms with E-state index in [0.717, 1.165) is 12.3 Å². The SMILES string of the molecule is CC(C)(C)NCCOc1ccc(I)cc1. The summed E-state index contributed by atoms with van der Waals surface area (Å²) < 4.78 is 6.82. The Balaban J connectivity index is 2.23. The average Bonchev–Trinajstić information content (AvgIpc) is 2.14. The highest BCUT2D eigenvalue weighted by atomic mass is 127. The molecule has 0 saturated carbocycles. The molecule has 1 aromatic rings. The summed E-state index contributed by atoms with van der Waals surface area (Å²) in [6, 6.07) is 8.10. The van der Waals surface area contributed by atoms with Gasteiger partial charge in [0.1, 0.15) is 12.4 Å². The maximum atomic E-state index is 5.59. The highest BCUT2D eigenvalue weighted by Crippen LogP contribution is 2.13. The summed E-state index contributed by atoms with van der Waals surface area (Å²) in [4.78, 5) is 0. The number of ether oxygens (including phenoxy) is 1. The quantitative estimate of drug-likeness (QED) is 0.680. The van der Waals surface area contributed by atoms with Crippen LogP contribution in [0.25, 0.3) is 0 Å². The predicted octanol–water partition coefficient (Wildman–Crippen LogP) is 3.06. The van der Waals surface area contributed by atoms with Crippen molar-refractivity contribution in [3.8, 4) is 5.75 Å². The predicted molar refractivity (Wildman–Crippen MR) is 72.4 cm³/mol. The third-order valence-corrected chi connectivity index (χ3v) is 2.56. The van der Waals surface area contributed by atoms with Gasteiger partial charge in [-0.2, -0.15) is 0 Å². The van der Waals surface area contributed by atoms with E-state index in [9.17, 15) is 0 Å². The first-order valence-corrected chi connectivity index (χ1v) is 6.19. The zero-order chi connectivity index (χ0) is 11.3. The van der Waals surface area contributed by atoms with Crippen molar-refractivity contribution in [3.63, 3.8) is 0 Å². The Morgan fingerprint density at radius 3 is 2.33 bits per heavy atom. The van der Waals surface area contributed by atoms with Crippen molar-refractivity contribution in [2.45, 2.75) is 26.3 Å². The second kappa shape index (κ2) is 5.70. The average molecular weight is 319 g/mol. The molecule has 0 atom stereocenters. The van der Waals surface area contributed by atoms with Gasteiger partial charge in [0.25, 0.3) is 0 Å². The fourth-order valence-corrected chi connectivity index (χ4v) is 1.49. The van der Waals surface area contributed by atoms with Gasteiger partial charge in [0.2, 0.25) is 0 Å². The van der Waals surface area contributed by atoms with E-state index in [1.807, 2.05) is 24.3 Å². The van der Waals surface area contributed by atoms with E-state index in [0.29, 0.717) is 6.61 Å². The van der Waals surface area contributed by atoms with Crippen molar-refractivity contribution < 1.29 is 4.74 Å². The Bertz CT molecular complexity index is 289. The van der Waals surface area contributed by atoms with Gasteiger partial charge in [-0.3, -0.25) is 0 Å². The molecule has 1 rings (SSSR count). The van der Waals surface area contributed by atoms with Crippen molar-refractivity contribution in [1.82, 2.24) is 5.32 Å². The third-order valence-electron chi connectivity index (χ3n) is 1.84. The lowest BCUT2D eigenvalue weighted by Crippen LogP contribution is -2.38. The Morgan fingerprint density at radius 2 is 1.80 bits per heavy atom. The minimum Gasteiger partial charge on any atom is -0.492 e. The van der Waals surface area contributed by atoms with E-state index in [1.54, 1.807) is 0 Å². The zero-order valence-corrected chi connectivity index (χ0v) is 11.7. The standard InChI is InChI=1S/C12H18INO/c1-12(2,3)14-8-9-15-11-6-4-10(13)5-7-11/h4-7,14H,8-9H2,1-3H3. The van der Waals surface area contributed by atoms with E-state index < -0.39 is 0 Å². The van der Waals surface area contributed by atoms with Crippen molar-refractivity contribution in [2.24, 2.45) is 0 Å². The molecule has 0 unspecified atom stereocenters. The lowest BCUT2D eigenvalue weighted by Gasteiger charge is -2.20. The van der Waals surface area contributed by atoms with Crippen LogP contribution in [0.5, 0.6) is 5.75 Å². The van der Waals surface area contributed by atoms with Crippen LogP contribution in [-0.2, 0) is 0 Å². The molecule has 15 heavy (non-hydrogen) atoms. The fourth-order valence-electron chi connectivity index (χ4n) is 1.13. The summed E-state index contributed by atoms with van der Waals surface area (Å²) in [5, 5.41) is 3.38. The molecule has 0 aliphatic rings. The summed E-state index contributed by atoms with van der Waals surface area (Å²) in [6.07, 6.45) is 0. The molecule has 0 spiro atoms. The largest absolute Gasteiger partial charge is 0.492 e. The van der Waals surface area contributed by atoms with Gasteiger partial charge in [-0.15, -0.1) is 0 Å². The lowest BCUT2D eigenvalue weighted by molar-refractivity contribution is 0.291. The van der Waals surface area contributed by atoms with Crippen LogP contribution in [0.2, 0.25) is 0 Å². The van der Waals surface area contributed by atoms with E-state index in [-0.39, 0.29) is 5.54 Å². The normalized spacial score (nSPS) is 11.5. The summed E-state index contributed by atoms with van der Waals surface area (Å²) in [7, 11) is 0. The maximum Gasteiger partial charge on any atom is 0.119 e. The van der Waals surface area contributed by atoms with Gasteiger partial charge >= 0.3 is 0 Å². The molecule has 1 aromatic carbocycles. The first kappa shape index (κ1) is 12.8. The summed E-state index contributed by atoms with van der Waals surface area (Å²) in [5.41, 5.74) is 0.162. The number of benzene rings is 1. The molecule has 0 radical (unpaired) electrons. The van der Waals surface area contributed by atoms with Crippen LogP contribution in [0.3, 0.4) is 0 Å². The fraction of sp³-hybridized carbons (Fsp3) is 0.500. The van der Waals surface area contributed by atoms with Crippen LogP contribution in [0.1, 0.15) is 20.8 Å². The number of hydrogen-bond donors (Lipinski definition) is 1. The highest BCUT2D eigenvalue weighted by Gasteiger charge is 2.07. The van der Waals surface area contributed by atoms with Gasteiger partial charge in [-0.25, -0.2) is 0 Å². The molecule has 2 nitrogen and oxygen atoms in total. The van der Waals surface area contributed by atoms with Crippen LogP contribution < -0.4 is 10.1 Å². The Morgan fingerprint density at radius 1 is 1.20 bits per heavy atom. The monoisotopic (exact) mass is 319 g/mol. The Kier molecular flexibility index (Phi) is 4.86. The minimum atomic E-state index is 0.162. The molecule has 0 bridgehead atoms. The number of halogens is 1. The van der Waals surface area contributed by atoms with Gasteiger partial charge < -0.3 is 10.1 Å². The lowest BCUT2D eigenvalue weighted by atomic mass is 10.1. The molecule has 0 aliphatic heterocycles. The first-order valence-electron chi connectivity index (χ1n) is 5.11. The summed E-state index contributed by atoms with van der Waals surface area (Å²) in [5.74, 6) is 0.936. The molecule has 84 valence electrons. The number of hydrogen-bond acceptors (Lipinski definition) is 2. The maximum absolute atomic E-state index is 5.59. The molecule has 0 saturated heterocycles. The summed E-state index contributed by atoms with van der Waals surface area (Å²) in [6.45, 7) is 8.03. The van der Waals surface area contributed by atoms with Crippen molar-refractivity contribution in [3.05, 3.63) is 27.8 Å². The van der Waals surface area contributed by atoms with Crippen LogP contribution in [0.4, 0.5) is 0 Å². The molecular formula is C12H18INO. The van der Waals surface area contributed by atoms with Gasteiger partial charge in [0, 0.05) is 15.7 Å². The minimum absolute atomic E-state index is 0.162. The van der Waals surface area contributed by atoms with Crippen LogP contribution >= 0.6 is 22.6 Å². The molecule has 0 heterocycles. The Hall–Kier alpha value is -0.290. The highest BCUT2D eigenvalue weighted by molar-refractivity contribution is 14.1. The molecular weight excluding hydrogens is 301 g/mol. The zero-order valence-electron chi connectivity index (χ0n) is 9.51. The van der Waals surface area contributed by atoms with Gasteiger partial charge in [-0.05, 0) is 67.6 Å². The smallest absolute Gasteiger partial charge is 0.119 e. The van der Waals surface area contributed by atoms with E-state index in [2.05, 4.69) is 48.7 Å². The van der Waals surface area contributed by atoms with Gasteiger partial charge in [-0.1, -0.05) is 0 Å². The van der Waals surface area contributed by atoms with Crippen LogP contribution in [0.15, 0.2) is 24.3 Å². The van der Waals surface area contributed by atoms with Crippen LogP contribution in [0, 0.1) is 3.57 Å². The molecule has 3 heteroatoms. The molecule has 0 fully saturated rings. The third kappa shape index (κ3) is 5.99. The van der Waals surface area contributed by atoms with Crippen molar-refractivity contribution in [1.29, 1.82) is 0 Å². The summed E-state index contributed by atoms with van der Waals surface area (Å²) >= 11 is 2.28. The van der Waals surface area contributed by atoms with E-state index in [4.69, 9.17) is 4.74 Å². The van der Waals surface area contributed by atoms with E-state index >= 15 is 0 Å². The molecule has 1 N–H and O–H groups in total. The first-order chi connectivity index (χ1) is 6.97. The van der Waals surface area contributed by atoms with Gasteiger partial charge in [0.05, 0.1) is 0 Å². The number of rotatable bonds is 4. The van der Waals surface area contributed by atoms with Crippen molar-refractivity contribution in [2.75, 3.05) is 13.2 Å². The molecule has 0 amide bonds. The van der Waals surface area contributed by atoms with Crippen molar-refractivity contribution >= 4 is 22.6 Å². The second-order valence-corrected chi connectivity index (χ2v) is 5.72. The molecule has 0 aliphatic carbocycles. The number of nitrogens with one attached hydrogen (secondary N) is 1. The van der Waals surface area contributed by atoms with E-state index in [1.165, 1.54) is 3.57 Å². The topological polar surface area (TPSA) is 21.3 Å². The van der Waals surface area contributed by atoms with Crippen LogP contribution in [-0.4, -0.2) is 18.7 Å². The second-order valence-electron chi connectivity index (χ2n) is 4.48.